The third-order valence-electron chi connectivity index (χ3n) is 3.30. The van der Waals surface area contributed by atoms with Gasteiger partial charge in [-0.2, -0.15) is 0 Å². The maximum absolute atomic E-state index is 13.6. The van der Waals surface area contributed by atoms with E-state index < -0.39 is 29.0 Å². The molecule has 0 fully saturated rings. The second kappa shape index (κ2) is 4.46. The van der Waals surface area contributed by atoms with E-state index >= 15 is 0 Å². The van der Waals surface area contributed by atoms with Crippen LogP contribution in [0.3, 0.4) is 0 Å². The number of rotatable bonds is 2. The molecule has 96 valence electrons. The molecule has 0 amide bonds. The van der Waals surface area contributed by atoms with Crippen LogP contribution in [0.25, 0.3) is 0 Å². The topological polar surface area (TPSA) is 29.1 Å². The van der Waals surface area contributed by atoms with Gasteiger partial charge in [-0.05, 0) is 23.8 Å². The Kier molecular flexibility index (Phi) is 2.78. The predicted molar refractivity (Wildman–Crippen MR) is 68.2 cm³/mol. The maximum atomic E-state index is 13.6. The van der Waals surface area contributed by atoms with Gasteiger partial charge in [-0.1, -0.05) is 24.3 Å². The molecule has 0 aliphatic carbocycles. The Morgan fingerprint density at radius 3 is 2.42 bits per heavy atom. The second-order valence-corrected chi connectivity index (χ2v) is 4.52. The van der Waals surface area contributed by atoms with E-state index in [1.54, 1.807) is 0 Å². The van der Waals surface area contributed by atoms with Crippen molar-refractivity contribution in [3.63, 3.8) is 0 Å². The lowest BCUT2D eigenvalue weighted by Gasteiger charge is -2.11. The SMILES string of the molecule is O=C(c1c(F)cccc1F)C1Cc2ccccc2N1. The normalized spacial score (nSPS) is 16.8. The number of benzene rings is 2. The van der Waals surface area contributed by atoms with Crippen LogP contribution in [-0.2, 0) is 6.42 Å². The molecule has 2 aromatic carbocycles. The van der Waals surface area contributed by atoms with Gasteiger partial charge in [0.2, 0.25) is 0 Å². The Morgan fingerprint density at radius 2 is 1.74 bits per heavy atom. The van der Waals surface area contributed by atoms with Crippen molar-refractivity contribution >= 4 is 11.5 Å². The minimum atomic E-state index is -0.817. The van der Waals surface area contributed by atoms with Crippen molar-refractivity contribution in [3.8, 4) is 0 Å². The summed E-state index contributed by atoms with van der Waals surface area (Å²) in [5.41, 5.74) is 1.36. The summed E-state index contributed by atoms with van der Waals surface area (Å²) in [7, 11) is 0. The number of fused-ring (bicyclic) bond motifs is 1. The molecule has 0 saturated carbocycles. The van der Waals surface area contributed by atoms with Crippen LogP contribution >= 0.6 is 0 Å². The standard InChI is InChI=1S/C15H11F2NO/c16-10-5-3-6-11(17)14(10)15(19)13-8-9-4-1-2-7-12(9)18-13/h1-7,13,18H,8H2. The minimum absolute atomic E-state index is 0.447. The number of halogens is 2. The number of hydrogen-bond acceptors (Lipinski definition) is 2. The summed E-state index contributed by atoms with van der Waals surface area (Å²) in [5.74, 6) is -2.18. The van der Waals surface area contributed by atoms with Gasteiger partial charge >= 0.3 is 0 Å². The monoisotopic (exact) mass is 259 g/mol. The molecule has 3 rings (SSSR count). The van der Waals surface area contributed by atoms with Crippen LogP contribution in [0.15, 0.2) is 42.5 Å². The molecule has 1 aliphatic heterocycles. The minimum Gasteiger partial charge on any atom is -0.374 e. The first-order valence-corrected chi connectivity index (χ1v) is 5.99. The van der Waals surface area contributed by atoms with Gasteiger partial charge in [-0.15, -0.1) is 0 Å². The largest absolute Gasteiger partial charge is 0.374 e. The zero-order chi connectivity index (χ0) is 13.4. The van der Waals surface area contributed by atoms with Gasteiger partial charge in [0.15, 0.2) is 5.78 Å². The van der Waals surface area contributed by atoms with E-state index in [9.17, 15) is 13.6 Å². The van der Waals surface area contributed by atoms with E-state index in [0.717, 1.165) is 23.4 Å². The highest BCUT2D eigenvalue weighted by atomic mass is 19.1. The van der Waals surface area contributed by atoms with Crippen molar-refractivity contribution in [2.24, 2.45) is 0 Å². The zero-order valence-corrected chi connectivity index (χ0v) is 9.99. The molecule has 0 saturated heterocycles. The van der Waals surface area contributed by atoms with Crippen molar-refractivity contribution in [1.82, 2.24) is 0 Å². The summed E-state index contributed by atoms with van der Waals surface area (Å²) >= 11 is 0. The number of carbonyl (C=O) groups is 1. The number of para-hydroxylation sites is 1. The summed E-state index contributed by atoms with van der Waals surface area (Å²) in [6, 6.07) is 10.3. The number of carbonyl (C=O) groups excluding carboxylic acids is 1. The van der Waals surface area contributed by atoms with Crippen molar-refractivity contribution in [2.75, 3.05) is 5.32 Å². The Hall–Kier alpha value is -2.23. The van der Waals surface area contributed by atoms with Crippen LogP contribution in [0, 0.1) is 11.6 Å². The summed E-state index contributed by atoms with van der Waals surface area (Å²) in [5, 5.41) is 3.00. The molecule has 1 heterocycles. The molecule has 2 nitrogen and oxygen atoms in total. The average Bonchev–Trinajstić information content (AvgIpc) is 2.82. The van der Waals surface area contributed by atoms with E-state index in [2.05, 4.69) is 5.32 Å². The van der Waals surface area contributed by atoms with Crippen molar-refractivity contribution in [1.29, 1.82) is 0 Å². The number of hydrogen-bond donors (Lipinski definition) is 1. The van der Waals surface area contributed by atoms with Gasteiger partial charge in [-0.3, -0.25) is 4.79 Å². The van der Waals surface area contributed by atoms with Crippen LogP contribution in [-0.4, -0.2) is 11.8 Å². The highest BCUT2D eigenvalue weighted by molar-refractivity contribution is 6.03. The molecule has 2 aromatic rings. The van der Waals surface area contributed by atoms with Crippen LogP contribution < -0.4 is 5.32 Å². The van der Waals surface area contributed by atoms with Crippen LogP contribution in [0.1, 0.15) is 15.9 Å². The molecule has 1 N–H and O–H groups in total. The molecule has 0 spiro atoms. The van der Waals surface area contributed by atoms with Crippen molar-refractivity contribution in [2.45, 2.75) is 12.5 Å². The van der Waals surface area contributed by atoms with E-state index in [-0.39, 0.29) is 0 Å². The Bertz CT molecular complexity index is 609. The number of nitrogens with one attached hydrogen (secondary N) is 1. The molecule has 4 heteroatoms. The fourth-order valence-electron chi connectivity index (χ4n) is 2.36. The first kappa shape index (κ1) is 11.8. The summed E-state index contributed by atoms with van der Waals surface area (Å²) in [6.07, 6.45) is 0.447. The van der Waals surface area contributed by atoms with E-state index in [4.69, 9.17) is 0 Å². The number of anilines is 1. The lowest BCUT2D eigenvalue weighted by Crippen LogP contribution is -2.28. The second-order valence-electron chi connectivity index (χ2n) is 4.52. The highest BCUT2D eigenvalue weighted by Crippen LogP contribution is 2.27. The number of Topliss-reactive ketones (excluding diaryl/α,β-unsaturated/α-hetero) is 1. The molecule has 1 aliphatic rings. The molecule has 19 heavy (non-hydrogen) atoms. The van der Waals surface area contributed by atoms with Gasteiger partial charge in [0, 0.05) is 12.1 Å². The van der Waals surface area contributed by atoms with E-state index in [0.29, 0.717) is 6.42 Å². The molecule has 0 bridgehead atoms. The van der Waals surface area contributed by atoms with Crippen LogP contribution in [0.2, 0.25) is 0 Å². The smallest absolute Gasteiger partial charge is 0.191 e. The maximum Gasteiger partial charge on any atom is 0.191 e. The van der Waals surface area contributed by atoms with Gasteiger partial charge in [-0.25, -0.2) is 8.78 Å². The lowest BCUT2D eigenvalue weighted by molar-refractivity contribution is 0.0963. The third kappa shape index (κ3) is 1.99. The van der Waals surface area contributed by atoms with E-state index in [1.165, 1.54) is 6.07 Å². The summed E-state index contributed by atoms with van der Waals surface area (Å²) in [6.45, 7) is 0. The number of ketones is 1. The Balaban J connectivity index is 1.92. The predicted octanol–water partition coefficient (Wildman–Crippen LogP) is 3.18. The molecule has 0 aromatic heterocycles. The van der Waals surface area contributed by atoms with Gasteiger partial charge in [0.25, 0.3) is 0 Å². The molecular weight excluding hydrogens is 248 g/mol. The fraction of sp³-hybridized carbons (Fsp3) is 0.133. The Labute approximate surface area is 109 Å². The van der Waals surface area contributed by atoms with Gasteiger partial charge in [0.1, 0.15) is 11.6 Å². The highest BCUT2D eigenvalue weighted by Gasteiger charge is 2.30. The van der Waals surface area contributed by atoms with Crippen molar-refractivity contribution in [3.05, 3.63) is 65.2 Å². The van der Waals surface area contributed by atoms with Crippen LogP contribution in [0.4, 0.5) is 14.5 Å². The zero-order valence-electron chi connectivity index (χ0n) is 9.99. The van der Waals surface area contributed by atoms with Gasteiger partial charge < -0.3 is 5.32 Å². The summed E-state index contributed by atoms with van der Waals surface area (Å²) < 4.78 is 27.2. The van der Waals surface area contributed by atoms with E-state index in [1.807, 2.05) is 24.3 Å². The first-order valence-electron chi connectivity index (χ1n) is 5.99. The summed E-state index contributed by atoms with van der Waals surface area (Å²) in [4.78, 5) is 12.2. The quantitative estimate of drug-likeness (QED) is 0.839. The Morgan fingerprint density at radius 1 is 1.05 bits per heavy atom. The molecule has 1 atom stereocenters. The fourth-order valence-corrected chi connectivity index (χ4v) is 2.36. The van der Waals surface area contributed by atoms with Gasteiger partial charge in [0.05, 0.1) is 11.6 Å². The van der Waals surface area contributed by atoms with Crippen LogP contribution in [0.5, 0.6) is 0 Å². The average molecular weight is 259 g/mol. The molecule has 1 unspecified atom stereocenters. The van der Waals surface area contributed by atoms with Crippen molar-refractivity contribution < 1.29 is 13.6 Å². The molecule has 0 radical (unpaired) electrons. The first-order chi connectivity index (χ1) is 9.16. The molecular formula is C15H11F2NO. The lowest BCUT2D eigenvalue weighted by atomic mass is 10.0. The third-order valence-corrected chi connectivity index (χ3v) is 3.30.